The van der Waals surface area contributed by atoms with E-state index in [4.69, 9.17) is 22.1 Å². The first kappa shape index (κ1) is 36.5. The summed E-state index contributed by atoms with van der Waals surface area (Å²) in [5.41, 5.74) is -0.503. The summed E-state index contributed by atoms with van der Waals surface area (Å²) in [7, 11) is 8.25. The number of esters is 1. The fraction of sp³-hybridized carbons (Fsp3) is 0.706. The van der Waals surface area contributed by atoms with Crippen molar-refractivity contribution < 1.29 is 28.6 Å². The van der Waals surface area contributed by atoms with E-state index >= 15 is 0 Å². The second-order valence-electron chi connectivity index (χ2n) is 13.8. The van der Waals surface area contributed by atoms with E-state index in [1.54, 1.807) is 36.7 Å². The van der Waals surface area contributed by atoms with Gasteiger partial charge in [-0.1, -0.05) is 32.1 Å². The Morgan fingerprint density at radius 3 is 2.47 bits per heavy atom. The zero-order chi connectivity index (χ0) is 34.5. The molecule has 2 radical (unpaired) electrons. The van der Waals surface area contributed by atoms with Crippen LogP contribution >= 0.6 is 0 Å². The van der Waals surface area contributed by atoms with Crippen LogP contribution in [0.25, 0.3) is 11.4 Å². The van der Waals surface area contributed by atoms with Crippen molar-refractivity contribution in [2.24, 2.45) is 17.8 Å². The minimum atomic E-state index is -1.16. The van der Waals surface area contributed by atoms with Crippen molar-refractivity contribution in [1.29, 1.82) is 0 Å². The third-order valence-electron chi connectivity index (χ3n) is 10.2. The Hall–Kier alpha value is -3.32. The third kappa shape index (κ3) is 7.88. The lowest BCUT2D eigenvalue weighted by Gasteiger charge is -2.41. The highest BCUT2D eigenvalue weighted by Crippen LogP contribution is 2.40. The number of nitrogens with one attached hydrogen (secondary N) is 1. The Morgan fingerprint density at radius 1 is 1.09 bits per heavy atom. The molecule has 2 saturated heterocycles. The second kappa shape index (κ2) is 15.3. The van der Waals surface area contributed by atoms with Crippen LogP contribution in [-0.2, 0) is 30.3 Å². The van der Waals surface area contributed by atoms with Gasteiger partial charge in [0.25, 0.3) is 0 Å². The van der Waals surface area contributed by atoms with Crippen LogP contribution < -0.4 is 5.32 Å². The number of Topliss-reactive ketones (excluding diaryl/α,β-unsaturated/α-hetero) is 1. The number of hydrogen-bond donors (Lipinski definition) is 1. The average molecular weight is 651 g/mol. The summed E-state index contributed by atoms with van der Waals surface area (Å²) in [6.07, 6.45) is 4.77. The first-order chi connectivity index (χ1) is 22.3. The molecule has 4 heterocycles. The number of hydrogen-bond acceptors (Lipinski definition) is 10. The van der Waals surface area contributed by atoms with Gasteiger partial charge in [0.15, 0.2) is 5.60 Å². The minimum Gasteiger partial charge on any atom is -0.458 e. The lowest BCUT2D eigenvalue weighted by atomic mass is 9.62. The normalized spacial score (nSPS) is 34.3. The number of aromatic nitrogens is 4. The Kier molecular flexibility index (Phi) is 11.9. The Bertz CT molecular complexity index is 1380. The van der Waals surface area contributed by atoms with Gasteiger partial charge in [-0.15, -0.1) is 5.10 Å². The summed E-state index contributed by atoms with van der Waals surface area (Å²) in [6, 6.07) is 4.98. The van der Waals surface area contributed by atoms with Gasteiger partial charge in [-0.3, -0.25) is 24.2 Å². The number of unbranched alkanes of at least 4 members (excludes halogenated alkanes) is 1. The van der Waals surface area contributed by atoms with Gasteiger partial charge < -0.3 is 19.5 Å². The van der Waals surface area contributed by atoms with Gasteiger partial charge in [-0.2, -0.15) is 0 Å². The molecule has 1 amide bonds. The second-order valence-corrected chi connectivity index (χ2v) is 13.8. The number of ketones is 1. The number of aryl methyl sites for hydroxylation is 1. The number of pyridine rings is 1. The van der Waals surface area contributed by atoms with Crippen LogP contribution in [0.2, 0.25) is 5.82 Å². The molecule has 0 saturated carbocycles. The van der Waals surface area contributed by atoms with Gasteiger partial charge in [-0.05, 0) is 83.8 Å². The molecule has 13 heteroatoms. The maximum Gasteiger partial charge on any atom is 0.410 e. The summed E-state index contributed by atoms with van der Waals surface area (Å²) in [5.74, 6) is -3.16. The fourth-order valence-corrected chi connectivity index (χ4v) is 7.26. The van der Waals surface area contributed by atoms with Crippen LogP contribution in [0.1, 0.15) is 74.1 Å². The molecule has 0 aliphatic carbocycles. The smallest absolute Gasteiger partial charge is 0.410 e. The monoisotopic (exact) mass is 650 g/mol. The molecule has 0 unspecified atom stereocenters. The van der Waals surface area contributed by atoms with E-state index in [1.165, 1.54) is 0 Å². The van der Waals surface area contributed by atoms with Crippen LogP contribution in [-0.4, -0.2) is 100 Å². The van der Waals surface area contributed by atoms with E-state index in [1.807, 2.05) is 52.1 Å². The number of carbonyl (C=O) groups excluding carboxylic acids is 3. The molecular formula is C34H51BN6O6. The van der Waals surface area contributed by atoms with Crippen molar-refractivity contribution in [3.63, 3.8) is 0 Å². The van der Waals surface area contributed by atoms with Crippen LogP contribution in [0.15, 0.2) is 30.6 Å². The van der Waals surface area contributed by atoms with Crippen LogP contribution in [0, 0.1) is 17.8 Å². The van der Waals surface area contributed by atoms with Crippen molar-refractivity contribution in [2.45, 2.75) is 116 Å². The number of nitrogens with zero attached hydrogens (tertiary/aromatic N) is 5. The maximum atomic E-state index is 13.5. The summed E-state index contributed by atoms with van der Waals surface area (Å²) in [6.45, 7) is 14.7. The minimum absolute atomic E-state index is 0.120. The Morgan fingerprint density at radius 2 is 1.81 bits per heavy atom. The molecule has 0 spiro atoms. The van der Waals surface area contributed by atoms with E-state index < -0.39 is 53.1 Å². The molecular weight excluding hydrogens is 599 g/mol. The largest absolute Gasteiger partial charge is 0.458 e. The number of cyclic esters (lactones) is 1. The molecule has 2 fully saturated rings. The standard InChI is InChI=1S/C34H51BN6O6/c1-9-27-34(7)30(41(32(44)47-34)17-13-12-16-40-20-26(38-39-40)25-14-10-11-15-36-25)24(5)37-19-21(2)18-33(6,45-8)29(35)22(3)28(42)23(4)31(43)46-27/h10-11,14-15,20-24,27,29-30,37H,9,12-13,16-19H2,1-8H3/t21-,22-,23-,24-,27-,29-,30-,33-,34-/m1/s1. The van der Waals surface area contributed by atoms with E-state index in [-0.39, 0.29) is 17.7 Å². The van der Waals surface area contributed by atoms with E-state index in [0.29, 0.717) is 44.6 Å². The summed E-state index contributed by atoms with van der Waals surface area (Å²) in [5, 5.41) is 12.1. The highest BCUT2D eigenvalue weighted by Gasteiger charge is 2.58. The summed E-state index contributed by atoms with van der Waals surface area (Å²) >= 11 is 0. The number of fused-ring (bicyclic) bond motifs is 1. The van der Waals surface area contributed by atoms with Crippen molar-refractivity contribution in [1.82, 2.24) is 30.2 Å². The van der Waals surface area contributed by atoms with Gasteiger partial charge in [0.2, 0.25) is 0 Å². The van der Waals surface area contributed by atoms with Crippen LogP contribution in [0.4, 0.5) is 4.79 Å². The van der Waals surface area contributed by atoms with Crippen molar-refractivity contribution in [3.8, 4) is 11.4 Å². The van der Waals surface area contributed by atoms with E-state index in [0.717, 1.165) is 12.1 Å². The van der Waals surface area contributed by atoms with Gasteiger partial charge >= 0.3 is 12.1 Å². The molecule has 47 heavy (non-hydrogen) atoms. The SMILES string of the molecule is [B][C@@H]1[C@H](C)C(=O)[C@@H](C)C(=O)O[C@H](CC)[C@@]2(C)OC(=O)N(CCCCn3cc(-c4ccccn4)nn3)[C@@H]2[C@@H](C)NC[C@H](C)C[C@@]1(C)OC. The van der Waals surface area contributed by atoms with Crippen molar-refractivity contribution in [3.05, 3.63) is 30.6 Å². The highest BCUT2D eigenvalue weighted by atomic mass is 16.6. The van der Waals surface area contributed by atoms with Gasteiger partial charge in [-0.25, -0.2) is 4.79 Å². The molecule has 2 aromatic heterocycles. The summed E-state index contributed by atoms with van der Waals surface area (Å²) < 4.78 is 19.9. The lowest BCUT2D eigenvalue weighted by molar-refractivity contribution is -0.170. The molecule has 1 N–H and O–H groups in total. The zero-order valence-electron chi connectivity index (χ0n) is 29.1. The molecule has 12 nitrogen and oxygen atoms in total. The average Bonchev–Trinajstić information content (AvgIpc) is 3.64. The summed E-state index contributed by atoms with van der Waals surface area (Å²) in [4.78, 5) is 46.6. The number of ether oxygens (including phenoxy) is 3. The predicted molar refractivity (Wildman–Crippen MR) is 178 cm³/mol. The molecule has 2 aliphatic heterocycles. The number of carbonyl (C=O) groups is 3. The number of amides is 1. The first-order valence-corrected chi connectivity index (χ1v) is 16.8. The zero-order valence-corrected chi connectivity index (χ0v) is 29.1. The third-order valence-corrected chi connectivity index (χ3v) is 10.2. The molecule has 4 rings (SSSR count). The molecule has 9 atom stereocenters. The van der Waals surface area contributed by atoms with Gasteiger partial charge in [0.05, 0.1) is 31.4 Å². The van der Waals surface area contributed by atoms with Gasteiger partial charge in [0.1, 0.15) is 23.5 Å². The maximum absolute atomic E-state index is 13.5. The van der Waals surface area contributed by atoms with Gasteiger partial charge in [0, 0.05) is 38.4 Å². The highest BCUT2D eigenvalue weighted by molar-refractivity contribution is 6.15. The Labute approximate surface area is 280 Å². The number of methoxy groups -OCH3 is 1. The van der Waals surface area contributed by atoms with Crippen molar-refractivity contribution >= 4 is 25.7 Å². The quantitative estimate of drug-likeness (QED) is 0.191. The molecule has 2 aromatic rings. The molecule has 0 aromatic carbocycles. The molecule has 0 bridgehead atoms. The van der Waals surface area contributed by atoms with E-state index in [9.17, 15) is 14.4 Å². The first-order valence-electron chi connectivity index (χ1n) is 16.8. The lowest BCUT2D eigenvalue weighted by Crippen LogP contribution is -2.61. The van der Waals surface area contributed by atoms with Crippen molar-refractivity contribution in [2.75, 3.05) is 20.2 Å². The topological polar surface area (TPSA) is 138 Å². The van der Waals surface area contributed by atoms with E-state index in [2.05, 4.69) is 27.5 Å². The predicted octanol–water partition coefficient (Wildman–Crippen LogP) is 4.24. The number of rotatable bonds is 8. The van der Waals surface area contributed by atoms with Crippen LogP contribution in [0.5, 0.6) is 0 Å². The molecule has 2 aliphatic rings. The molecule has 256 valence electrons. The van der Waals surface area contributed by atoms with Crippen LogP contribution in [0.3, 0.4) is 0 Å². The Balaban J connectivity index is 1.54. The fourth-order valence-electron chi connectivity index (χ4n) is 7.26.